The molecular formula is C18H17F4IN2O. The van der Waals surface area contributed by atoms with Gasteiger partial charge in [0.15, 0.2) is 0 Å². The van der Waals surface area contributed by atoms with E-state index in [-0.39, 0.29) is 11.3 Å². The molecule has 0 aliphatic rings. The van der Waals surface area contributed by atoms with Crippen LogP contribution in [0.25, 0.3) is 0 Å². The van der Waals surface area contributed by atoms with Crippen LogP contribution in [-0.2, 0) is 12.6 Å². The van der Waals surface area contributed by atoms with E-state index < -0.39 is 23.5 Å². The highest BCUT2D eigenvalue weighted by Crippen LogP contribution is 2.32. The van der Waals surface area contributed by atoms with Crippen molar-refractivity contribution in [2.75, 3.05) is 26.0 Å². The van der Waals surface area contributed by atoms with Gasteiger partial charge in [-0.15, -0.1) is 0 Å². The summed E-state index contributed by atoms with van der Waals surface area (Å²) in [7, 11) is 3.67. The Morgan fingerprint density at radius 2 is 1.85 bits per heavy atom. The summed E-state index contributed by atoms with van der Waals surface area (Å²) in [5.74, 6) is -1.52. The Kier molecular flexibility index (Phi) is 6.62. The van der Waals surface area contributed by atoms with E-state index in [1.54, 1.807) is 0 Å². The van der Waals surface area contributed by atoms with Gasteiger partial charge in [-0.1, -0.05) is 6.07 Å². The number of alkyl halides is 3. The van der Waals surface area contributed by atoms with Gasteiger partial charge in [0.2, 0.25) is 0 Å². The molecule has 2 aromatic rings. The van der Waals surface area contributed by atoms with Gasteiger partial charge in [-0.25, -0.2) is 4.39 Å². The number of halogens is 5. The highest BCUT2D eigenvalue weighted by Gasteiger charge is 2.31. The van der Waals surface area contributed by atoms with Crippen molar-refractivity contribution in [3.63, 3.8) is 0 Å². The van der Waals surface area contributed by atoms with Gasteiger partial charge >= 0.3 is 6.18 Å². The zero-order valence-corrected chi connectivity index (χ0v) is 16.3. The topological polar surface area (TPSA) is 32.3 Å². The average Bonchev–Trinajstić information content (AvgIpc) is 2.54. The summed E-state index contributed by atoms with van der Waals surface area (Å²) in [6.45, 7) is 0.589. The number of anilines is 1. The molecule has 1 amide bonds. The molecule has 0 aliphatic carbocycles. The van der Waals surface area contributed by atoms with Gasteiger partial charge in [0.25, 0.3) is 5.91 Å². The maximum atomic E-state index is 13.9. The van der Waals surface area contributed by atoms with Crippen molar-refractivity contribution < 1.29 is 22.4 Å². The molecule has 0 bridgehead atoms. The van der Waals surface area contributed by atoms with E-state index in [9.17, 15) is 22.4 Å². The maximum Gasteiger partial charge on any atom is 0.416 e. The molecule has 0 saturated carbocycles. The van der Waals surface area contributed by atoms with Crippen molar-refractivity contribution >= 4 is 34.2 Å². The van der Waals surface area contributed by atoms with E-state index in [0.717, 1.165) is 18.2 Å². The molecule has 140 valence electrons. The molecule has 2 aromatic carbocycles. The smallest absolute Gasteiger partial charge is 0.322 e. The Labute approximate surface area is 162 Å². The van der Waals surface area contributed by atoms with E-state index >= 15 is 0 Å². The van der Waals surface area contributed by atoms with Crippen molar-refractivity contribution in [3.8, 4) is 0 Å². The molecule has 0 spiro atoms. The molecule has 0 aromatic heterocycles. The summed E-state index contributed by atoms with van der Waals surface area (Å²) < 4.78 is 53.6. The highest BCUT2D eigenvalue weighted by atomic mass is 127. The number of carbonyl (C=O) groups is 1. The Hall–Kier alpha value is -1.68. The summed E-state index contributed by atoms with van der Waals surface area (Å²) in [5, 5.41) is 2.43. The number of amides is 1. The largest absolute Gasteiger partial charge is 0.416 e. The van der Waals surface area contributed by atoms with E-state index in [0.29, 0.717) is 22.1 Å². The number of hydrogen-bond acceptors (Lipinski definition) is 2. The van der Waals surface area contributed by atoms with Crippen LogP contribution in [-0.4, -0.2) is 31.4 Å². The molecule has 0 fully saturated rings. The van der Waals surface area contributed by atoms with Crippen molar-refractivity contribution in [1.29, 1.82) is 0 Å². The molecule has 0 heterocycles. The normalized spacial score (nSPS) is 11.7. The quantitative estimate of drug-likeness (QED) is 0.493. The first-order valence-corrected chi connectivity index (χ1v) is 8.77. The molecule has 26 heavy (non-hydrogen) atoms. The Morgan fingerprint density at radius 3 is 2.46 bits per heavy atom. The Balaban J connectivity index is 2.37. The zero-order chi connectivity index (χ0) is 19.5. The molecule has 0 unspecified atom stereocenters. The lowest BCUT2D eigenvalue weighted by Gasteiger charge is -2.16. The molecule has 0 radical (unpaired) electrons. The van der Waals surface area contributed by atoms with Crippen LogP contribution in [0.2, 0.25) is 0 Å². The van der Waals surface area contributed by atoms with Gasteiger partial charge in [-0.2, -0.15) is 13.2 Å². The summed E-state index contributed by atoms with van der Waals surface area (Å²) in [5.41, 5.74) is -0.506. The van der Waals surface area contributed by atoms with Gasteiger partial charge in [-0.05, 0) is 79.0 Å². The minimum absolute atomic E-state index is 0.0323. The number of rotatable bonds is 5. The number of likely N-dealkylation sites (N-methyl/N-ethyl adjacent to an activating group) is 1. The number of carbonyl (C=O) groups excluding carboxylic acids is 1. The first-order valence-electron chi connectivity index (χ1n) is 7.69. The van der Waals surface area contributed by atoms with E-state index in [1.807, 2.05) is 41.6 Å². The molecular weight excluding hydrogens is 463 g/mol. The number of hydrogen-bond donors (Lipinski definition) is 1. The van der Waals surface area contributed by atoms with Gasteiger partial charge in [0, 0.05) is 15.8 Å². The molecule has 0 saturated heterocycles. The van der Waals surface area contributed by atoms with Gasteiger partial charge in [0.1, 0.15) is 5.82 Å². The molecule has 1 N–H and O–H groups in total. The third kappa shape index (κ3) is 5.41. The molecule has 0 atom stereocenters. The third-order valence-corrected chi connectivity index (χ3v) is 4.36. The first-order chi connectivity index (χ1) is 12.1. The van der Waals surface area contributed by atoms with Crippen LogP contribution in [0.5, 0.6) is 0 Å². The van der Waals surface area contributed by atoms with Crippen LogP contribution in [0.3, 0.4) is 0 Å². The Bertz CT molecular complexity index is 806. The molecule has 3 nitrogen and oxygen atoms in total. The minimum atomic E-state index is -4.53. The van der Waals surface area contributed by atoms with Crippen LogP contribution < -0.4 is 5.32 Å². The zero-order valence-electron chi connectivity index (χ0n) is 14.1. The molecule has 2 rings (SSSR count). The molecule has 0 aliphatic heterocycles. The SMILES string of the molecule is CN(C)CCc1ccc(C(F)(F)F)cc1NC(=O)c1cc(I)ccc1F. The highest BCUT2D eigenvalue weighted by molar-refractivity contribution is 14.1. The van der Waals surface area contributed by atoms with Crippen LogP contribution in [0.15, 0.2) is 36.4 Å². The van der Waals surface area contributed by atoms with E-state index in [1.165, 1.54) is 18.2 Å². The summed E-state index contributed by atoms with van der Waals surface area (Å²) in [6, 6.07) is 7.20. The fourth-order valence-electron chi connectivity index (χ4n) is 2.29. The third-order valence-electron chi connectivity index (χ3n) is 3.69. The van der Waals surface area contributed by atoms with Crippen LogP contribution >= 0.6 is 22.6 Å². The second-order valence-corrected chi connectivity index (χ2v) is 7.25. The number of nitrogens with one attached hydrogen (secondary N) is 1. The van der Waals surface area contributed by atoms with Crippen LogP contribution in [0.4, 0.5) is 23.2 Å². The van der Waals surface area contributed by atoms with Crippen molar-refractivity contribution in [3.05, 3.63) is 62.5 Å². The summed E-state index contributed by atoms with van der Waals surface area (Å²) in [4.78, 5) is 14.3. The minimum Gasteiger partial charge on any atom is -0.322 e. The van der Waals surface area contributed by atoms with Crippen molar-refractivity contribution in [1.82, 2.24) is 4.90 Å². The van der Waals surface area contributed by atoms with Crippen molar-refractivity contribution in [2.45, 2.75) is 12.6 Å². The van der Waals surface area contributed by atoms with Crippen LogP contribution in [0.1, 0.15) is 21.5 Å². The number of nitrogens with zero attached hydrogens (tertiary/aromatic N) is 1. The lowest BCUT2D eigenvalue weighted by Crippen LogP contribution is -2.19. The van der Waals surface area contributed by atoms with E-state index in [4.69, 9.17) is 0 Å². The monoisotopic (exact) mass is 480 g/mol. The van der Waals surface area contributed by atoms with Gasteiger partial charge in [0.05, 0.1) is 11.1 Å². The lowest BCUT2D eigenvalue weighted by atomic mass is 10.0. The van der Waals surface area contributed by atoms with Crippen molar-refractivity contribution in [2.24, 2.45) is 0 Å². The van der Waals surface area contributed by atoms with Gasteiger partial charge in [-0.3, -0.25) is 4.79 Å². The van der Waals surface area contributed by atoms with Crippen LogP contribution in [0, 0.1) is 9.39 Å². The second kappa shape index (κ2) is 8.34. The fourth-order valence-corrected chi connectivity index (χ4v) is 2.78. The Morgan fingerprint density at radius 1 is 1.15 bits per heavy atom. The predicted octanol–water partition coefficient (Wildman–Crippen LogP) is 4.81. The summed E-state index contributed by atoms with van der Waals surface area (Å²) in [6.07, 6.45) is -4.09. The standard InChI is InChI=1S/C18H17F4IN2O/c1-25(2)8-7-11-3-4-12(18(20,21)22)9-16(11)24-17(26)14-10-13(23)5-6-15(14)19/h3-6,9-10H,7-8H2,1-2H3,(H,24,26). The summed E-state index contributed by atoms with van der Waals surface area (Å²) >= 11 is 1.93. The molecule has 8 heteroatoms. The van der Waals surface area contributed by atoms with Gasteiger partial charge < -0.3 is 10.2 Å². The average molecular weight is 480 g/mol. The fraction of sp³-hybridized carbons (Fsp3) is 0.278. The maximum absolute atomic E-state index is 13.9. The lowest BCUT2D eigenvalue weighted by molar-refractivity contribution is -0.137. The first kappa shape index (κ1) is 20.6. The number of benzene rings is 2. The predicted molar refractivity (Wildman–Crippen MR) is 101 cm³/mol. The van der Waals surface area contributed by atoms with E-state index in [2.05, 4.69) is 5.32 Å². The second-order valence-electron chi connectivity index (χ2n) is 6.00.